The second kappa shape index (κ2) is 7.24. The van der Waals surface area contributed by atoms with Crippen molar-refractivity contribution in [1.29, 1.82) is 0 Å². The van der Waals surface area contributed by atoms with Crippen molar-refractivity contribution in [3.05, 3.63) is 18.2 Å². The molecule has 1 aliphatic rings. The molecule has 0 aliphatic heterocycles. The molecule has 1 fully saturated rings. The molecule has 1 aliphatic carbocycles. The average molecular weight is 293 g/mol. The summed E-state index contributed by atoms with van der Waals surface area (Å²) in [5, 5.41) is 12.0. The molecule has 0 atom stereocenters. The van der Waals surface area contributed by atoms with Gasteiger partial charge in [0.25, 0.3) is 0 Å². The van der Waals surface area contributed by atoms with Gasteiger partial charge in [0.2, 0.25) is 5.91 Å². The average Bonchev–Trinajstić information content (AvgIpc) is 2.91. The quantitative estimate of drug-likeness (QED) is 0.715. The van der Waals surface area contributed by atoms with Crippen molar-refractivity contribution < 1.29 is 14.7 Å². The molecule has 0 spiro atoms. The van der Waals surface area contributed by atoms with E-state index in [0.29, 0.717) is 19.4 Å². The second-order valence-corrected chi connectivity index (χ2v) is 5.98. The normalized spacial score (nSPS) is 17.3. The minimum Gasteiger partial charge on any atom is -0.481 e. The number of carbonyl (C=O) groups is 2. The molecule has 6 nitrogen and oxygen atoms in total. The van der Waals surface area contributed by atoms with Crippen LogP contribution in [0.25, 0.3) is 0 Å². The SMILES string of the molecule is O=C(O)CC1(CC(=O)NCCc2cnc[nH]2)CCCCC1. The minimum absolute atomic E-state index is 0.0438. The van der Waals surface area contributed by atoms with E-state index >= 15 is 0 Å². The van der Waals surface area contributed by atoms with Crippen LogP contribution in [0.5, 0.6) is 0 Å². The van der Waals surface area contributed by atoms with E-state index in [-0.39, 0.29) is 17.7 Å². The van der Waals surface area contributed by atoms with Gasteiger partial charge in [0.1, 0.15) is 0 Å². The van der Waals surface area contributed by atoms with Crippen molar-refractivity contribution in [2.24, 2.45) is 5.41 Å². The fourth-order valence-corrected chi connectivity index (χ4v) is 3.20. The monoisotopic (exact) mass is 293 g/mol. The summed E-state index contributed by atoms with van der Waals surface area (Å²) in [6.07, 6.45) is 9.34. The van der Waals surface area contributed by atoms with Crippen LogP contribution in [0.4, 0.5) is 0 Å². The van der Waals surface area contributed by atoms with Crippen molar-refractivity contribution in [3.8, 4) is 0 Å². The Kier molecular flexibility index (Phi) is 5.36. The minimum atomic E-state index is -0.804. The highest BCUT2D eigenvalue weighted by molar-refractivity contribution is 5.78. The van der Waals surface area contributed by atoms with Gasteiger partial charge < -0.3 is 15.4 Å². The molecule has 1 saturated carbocycles. The van der Waals surface area contributed by atoms with Crippen LogP contribution in [0, 0.1) is 5.41 Å². The first-order valence-corrected chi connectivity index (χ1v) is 7.55. The third-order valence-electron chi connectivity index (χ3n) is 4.25. The van der Waals surface area contributed by atoms with E-state index in [1.807, 2.05) is 0 Å². The van der Waals surface area contributed by atoms with E-state index in [0.717, 1.165) is 37.8 Å². The molecule has 0 radical (unpaired) electrons. The Balaban J connectivity index is 1.81. The molecule has 6 heteroatoms. The molecule has 1 amide bonds. The smallest absolute Gasteiger partial charge is 0.303 e. The Morgan fingerprint density at radius 3 is 2.67 bits per heavy atom. The summed E-state index contributed by atoms with van der Waals surface area (Å²) in [5.41, 5.74) is 0.635. The number of aromatic nitrogens is 2. The topological polar surface area (TPSA) is 95.1 Å². The molecule has 1 heterocycles. The zero-order chi connectivity index (χ0) is 15.1. The number of nitrogens with one attached hydrogen (secondary N) is 2. The molecule has 3 N–H and O–H groups in total. The number of hydrogen-bond acceptors (Lipinski definition) is 3. The maximum absolute atomic E-state index is 12.1. The molecule has 1 aromatic rings. The highest BCUT2D eigenvalue weighted by Crippen LogP contribution is 2.42. The Morgan fingerprint density at radius 1 is 1.29 bits per heavy atom. The summed E-state index contributed by atoms with van der Waals surface area (Å²) in [7, 11) is 0. The van der Waals surface area contributed by atoms with Gasteiger partial charge >= 0.3 is 5.97 Å². The summed E-state index contributed by atoms with van der Waals surface area (Å²) >= 11 is 0. The number of nitrogens with zero attached hydrogens (tertiary/aromatic N) is 1. The molecular weight excluding hydrogens is 270 g/mol. The number of hydrogen-bond donors (Lipinski definition) is 3. The van der Waals surface area contributed by atoms with Gasteiger partial charge in [-0.05, 0) is 18.3 Å². The first-order chi connectivity index (χ1) is 10.1. The van der Waals surface area contributed by atoms with Gasteiger partial charge in [-0.1, -0.05) is 19.3 Å². The third kappa shape index (κ3) is 4.88. The first kappa shape index (κ1) is 15.5. The number of carboxylic acid groups (broad SMARTS) is 1. The third-order valence-corrected chi connectivity index (χ3v) is 4.25. The number of aliphatic carboxylic acids is 1. The van der Waals surface area contributed by atoms with Crippen LogP contribution in [0.3, 0.4) is 0 Å². The van der Waals surface area contributed by atoms with Crippen LogP contribution in [0.1, 0.15) is 50.6 Å². The van der Waals surface area contributed by atoms with Crippen LogP contribution >= 0.6 is 0 Å². The van der Waals surface area contributed by atoms with Crippen LogP contribution in [-0.4, -0.2) is 33.5 Å². The molecule has 0 saturated heterocycles. The van der Waals surface area contributed by atoms with Gasteiger partial charge in [-0.15, -0.1) is 0 Å². The molecule has 21 heavy (non-hydrogen) atoms. The molecule has 1 aromatic heterocycles. The number of amides is 1. The number of H-pyrrole nitrogens is 1. The van der Waals surface area contributed by atoms with Gasteiger partial charge in [-0.2, -0.15) is 0 Å². The molecular formula is C15H23N3O3. The van der Waals surface area contributed by atoms with Gasteiger partial charge in [0.05, 0.1) is 12.7 Å². The fourth-order valence-electron chi connectivity index (χ4n) is 3.20. The molecule has 0 bridgehead atoms. The zero-order valence-electron chi connectivity index (χ0n) is 12.2. The maximum atomic E-state index is 12.1. The largest absolute Gasteiger partial charge is 0.481 e. The van der Waals surface area contributed by atoms with Crippen molar-refractivity contribution in [2.75, 3.05) is 6.54 Å². The fraction of sp³-hybridized carbons (Fsp3) is 0.667. The number of carbonyl (C=O) groups excluding carboxylic acids is 1. The van der Waals surface area contributed by atoms with Gasteiger partial charge in [-0.25, -0.2) is 4.98 Å². The highest BCUT2D eigenvalue weighted by atomic mass is 16.4. The first-order valence-electron chi connectivity index (χ1n) is 7.55. The molecule has 2 rings (SSSR count). The Bertz CT molecular complexity index is 465. The maximum Gasteiger partial charge on any atom is 0.303 e. The van der Waals surface area contributed by atoms with E-state index in [9.17, 15) is 9.59 Å². The van der Waals surface area contributed by atoms with Gasteiger partial charge in [0, 0.05) is 31.3 Å². The molecule has 0 aromatic carbocycles. The lowest BCUT2D eigenvalue weighted by molar-refractivity contribution is -0.141. The Hall–Kier alpha value is -1.85. The zero-order valence-corrected chi connectivity index (χ0v) is 12.2. The standard InChI is InChI=1S/C15H23N3O3/c19-13(17-7-4-12-10-16-11-18-12)8-15(9-14(20)21)5-2-1-3-6-15/h10-11H,1-9H2,(H,16,18)(H,17,19)(H,20,21). The lowest BCUT2D eigenvalue weighted by Crippen LogP contribution is -2.35. The summed E-state index contributed by atoms with van der Waals surface area (Å²) in [5.74, 6) is -0.847. The lowest BCUT2D eigenvalue weighted by atomic mass is 9.69. The van der Waals surface area contributed by atoms with Crippen LogP contribution < -0.4 is 5.32 Å². The molecule has 116 valence electrons. The van der Waals surface area contributed by atoms with E-state index in [1.54, 1.807) is 12.5 Å². The predicted octanol–water partition coefficient (Wildman–Crippen LogP) is 1.88. The van der Waals surface area contributed by atoms with E-state index in [4.69, 9.17) is 5.11 Å². The van der Waals surface area contributed by atoms with Crippen LogP contribution in [0.2, 0.25) is 0 Å². The van der Waals surface area contributed by atoms with E-state index < -0.39 is 5.97 Å². The predicted molar refractivity (Wildman–Crippen MR) is 77.7 cm³/mol. The van der Waals surface area contributed by atoms with Crippen molar-refractivity contribution in [1.82, 2.24) is 15.3 Å². The van der Waals surface area contributed by atoms with E-state index in [2.05, 4.69) is 15.3 Å². The van der Waals surface area contributed by atoms with E-state index in [1.165, 1.54) is 0 Å². The summed E-state index contributed by atoms with van der Waals surface area (Å²) < 4.78 is 0. The summed E-state index contributed by atoms with van der Waals surface area (Å²) in [6.45, 7) is 0.546. The second-order valence-electron chi connectivity index (χ2n) is 5.98. The highest BCUT2D eigenvalue weighted by Gasteiger charge is 2.36. The number of rotatable bonds is 7. The number of carboxylic acids is 1. The van der Waals surface area contributed by atoms with Crippen molar-refractivity contribution >= 4 is 11.9 Å². The number of imidazole rings is 1. The van der Waals surface area contributed by atoms with Crippen LogP contribution in [-0.2, 0) is 16.0 Å². The molecule has 0 unspecified atom stereocenters. The Morgan fingerprint density at radius 2 is 2.05 bits per heavy atom. The summed E-state index contributed by atoms with van der Waals surface area (Å²) in [6, 6.07) is 0. The van der Waals surface area contributed by atoms with Gasteiger partial charge in [0.15, 0.2) is 0 Å². The van der Waals surface area contributed by atoms with Crippen LogP contribution in [0.15, 0.2) is 12.5 Å². The Labute approximate surface area is 124 Å². The van der Waals surface area contributed by atoms with Crippen molar-refractivity contribution in [3.63, 3.8) is 0 Å². The van der Waals surface area contributed by atoms with Crippen molar-refractivity contribution in [2.45, 2.75) is 51.4 Å². The lowest BCUT2D eigenvalue weighted by Gasteiger charge is -2.35. The number of aromatic amines is 1. The van der Waals surface area contributed by atoms with Gasteiger partial charge in [-0.3, -0.25) is 9.59 Å². The summed E-state index contributed by atoms with van der Waals surface area (Å²) in [4.78, 5) is 30.1.